The molecule has 2 aromatic carbocycles. The van der Waals surface area contributed by atoms with Crippen LogP contribution < -0.4 is 13.6 Å². The zero-order chi connectivity index (χ0) is 13.9. The van der Waals surface area contributed by atoms with Crippen molar-refractivity contribution in [2.45, 2.75) is 0 Å². The van der Waals surface area contributed by atoms with Gasteiger partial charge in [-0.15, -0.1) is 0 Å². The van der Waals surface area contributed by atoms with Gasteiger partial charge in [0.1, 0.15) is 0 Å². The molecule has 19 heavy (non-hydrogen) atoms. The van der Waals surface area contributed by atoms with Crippen LogP contribution in [0.1, 0.15) is 0 Å². The van der Waals surface area contributed by atoms with Gasteiger partial charge >= 0.3 is 124 Å². The predicted molar refractivity (Wildman–Crippen MR) is 81.4 cm³/mol. The summed E-state index contributed by atoms with van der Waals surface area (Å²) in [4.78, 5) is 0. The fourth-order valence-corrected chi connectivity index (χ4v) is 4.27. The van der Waals surface area contributed by atoms with Crippen molar-refractivity contribution in [2.24, 2.45) is 0 Å². The number of benzene rings is 2. The summed E-state index contributed by atoms with van der Waals surface area (Å²) in [7, 11) is -3.31. The second kappa shape index (κ2) is 5.97. The van der Waals surface area contributed by atoms with E-state index >= 15 is 0 Å². The summed E-state index contributed by atoms with van der Waals surface area (Å²) in [5.74, 6) is 0. The summed E-state index contributed by atoms with van der Waals surface area (Å²) in [6.45, 7) is 0. The van der Waals surface area contributed by atoms with Crippen molar-refractivity contribution in [1.29, 1.82) is 0 Å². The van der Waals surface area contributed by atoms with E-state index in [0.717, 1.165) is 10.7 Å². The maximum absolute atomic E-state index is 11.4. The van der Waals surface area contributed by atoms with Crippen LogP contribution in [0.3, 0.4) is 0 Å². The molecule has 0 radical (unpaired) electrons. The first-order valence-electron chi connectivity index (χ1n) is 5.44. The molecule has 0 unspecified atom stereocenters. The molecule has 0 aromatic heterocycles. The average molecular weight is 361 g/mol. The Hall–Kier alpha value is -1.00. The Bertz CT molecular complexity index is 674. The van der Waals surface area contributed by atoms with E-state index in [1.807, 2.05) is 36.4 Å². The number of halogens is 1. The molecule has 2 aromatic rings. The van der Waals surface area contributed by atoms with Crippen LogP contribution in [-0.4, -0.2) is 29.6 Å². The number of sulfonamides is 1. The molecule has 0 spiro atoms. The van der Waals surface area contributed by atoms with Gasteiger partial charge < -0.3 is 0 Å². The van der Waals surface area contributed by atoms with Gasteiger partial charge in [-0.05, 0) is 0 Å². The van der Waals surface area contributed by atoms with Crippen LogP contribution in [0.15, 0.2) is 48.5 Å². The molecule has 100 valence electrons. The first kappa shape index (κ1) is 14.4. The van der Waals surface area contributed by atoms with Crippen LogP contribution in [0.4, 0.5) is 5.69 Å². The molecule has 0 fully saturated rings. The zero-order valence-electron chi connectivity index (χ0n) is 10.1. The van der Waals surface area contributed by atoms with Crippen LogP contribution in [0, 0.1) is 0 Å². The summed E-state index contributed by atoms with van der Waals surface area (Å²) >= 11 is 5.95. The van der Waals surface area contributed by atoms with Crippen molar-refractivity contribution in [3.63, 3.8) is 0 Å². The van der Waals surface area contributed by atoms with Crippen molar-refractivity contribution in [3.05, 3.63) is 53.6 Å². The summed E-state index contributed by atoms with van der Waals surface area (Å²) in [6, 6.07) is 15.2. The minimum absolute atomic E-state index is 0.0267. The number of hydrogen-bond acceptors (Lipinski definition) is 2. The Balaban J connectivity index is 2.34. The Morgan fingerprint density at radius 1 is 1.11 bits per heavy atom. The third-order valence-electron chi connectivity index (χ3n) is 2.21. The fourth-order valence-electron chi connectivity index (χ4n) is 1.49. The van der Waals surface area contributed by atoms with Gasteiger partial charge in [0.15, 0.2) is 0 Å². The molecule has 3 nitrogen and oxygen atoms in total. The topological polar surface area (TPSA) is 46.2 Å². The molecule has 0 saturated carbocycles. The molecule has 0 aliphatic carbocycles. The monoisotopic (exact) mass is 361 g/mol. The Morgan fingerprint density at radius 3 is 2.42 bits per heavy atom. The molecule has 0 aliphatic rings. The quantitative estimate of drug-likeness (QED) is 0.837. The normalized spacial score (nSPS) is 11.3. The van der Waals surface area contributed by atoms with E-state index in [9.17, 15) is 8.42 Å². The molecule has 0 aliphatic heterocycles. The second-order valence-corrected chi connectivity index (χ2v) is 8.45. The van der Waals surface area contributed by atoms with Crippen LogP contribution in [0.5, 0.6) is 0 Å². The average Bonchev–Trinajstić information content (AvgIpc) is 2.32. The van der Waals surface area contributed by atoms with Gasteiger partial charge in [0, 0.05) is 0 Å². The van der Waals surface area contributed by atoms with Gasteiger partial charge in [0.25, 0.3) is 0 Å². The summed E-state index contributed by atoms with van der Waals surface area (Å²) in [6.07, 6.45) is 1.13. The standard InChI is InChI=1S/C13H12ClNO2SSe/c1-18(16,17)15-12-9-10(14)7-8-13(12)19-11-5-3-2-4-6-11/h2-9,15H,1H3. The molecule has 0 atom stereocenters. The van der Waals surface area contributed by atoms with Gasteiger partial charge in [-0.1, -0.05) is 0 Å². The molecular weight excluding hydrogens is 349 g/mol. The Labute approximate surface area is 124 Å². The van der Waals surface area contributed by atoms with Gasteiger partial charge in [0.05, 0.1) is 0 Å². The van der Waals surface area contributed by atoms with Crippen molar-refractivity contribution >= 4 is 51.2 Å². The Kier molecular flexibility index (Phi) is 4.53. The number of rotatable bonds is 4. The van der Waals surface area contributed by atoms with Gasteiger partial charge in [-0.3, -0.25) is 0 Å². The van der Waals surface area contributed by atoms with Crippen molar-refractivity contribution in [1.82, 2.24) is 0 Å². The van der Waals surface area contributed by atoms with E-state index in [1.54, 1.807) is 12.1 Å². The Morgan fingerprint density at radius 2 is 1.79 bits per heavy atom. The van der Waals surface area contributed by atoms with E-state index in [0.29, 0.717) is 10.7 Å². The van der Waals surface area contributed by atoms with E-state index in [1.165, 1.54) is 4.46 Å². The number of hydrogen-bond donors (Lipinski definition) is 1. The summed E-state index contributed by atoms with van der Waals surface area (Å²) < 4.78 is 27.4. The molecule has 0 bridgehead atoms. The van der Waals surface area contributed by atoms with Gasteiger partial charge in [0.2, 0.25) is 0 Å². The second-order valence-electron chi connectivity index (χ2n) is 3.93. The van der Waals surface area contributed by atoms with Crippen LogP contribution in [-0.2, 0) is 10.0 Å². The molecule has 0 amide bonds. The van der Waals surface area contributed by atoms with Crippen LogP contribution >= 0.6 is 11.6 Å². The van der Waals surface area contributed by atoms with E-state index < -0.39 is 10.0 Å². The van der Waals surface area contributed by atoms with E-state index in [-0.39, 0.29) is 15.0 Å². The molecule has 2 rings (SSSR count). The third kappa shape index (κ3) is 4.55. The third-order valence-corrected chi connectivity index (χ3v) is 5.31. The van der Waals surface area contributed by atoms with Crippen LogP contribution in [0.2, 0.25) is 5.02 Å². The molecule has 0 saturated heterocycles. The molecular formula is C13H12ClNO2SSe. The summed E-state index contributed by atoms with van der Waals surface area (Å²) in [5.41, 5.74) is 0.554. The zero-order valence-corrected chi connectivity index (χ0v) is 13.4. The number of nitrogens with one attached hydrogen (secondary N) is 1. The van der Waals surface area contributed by atoms with Crippen molar-refractivity contribution < 1.29 is 8.42 Å². The van der Waals surface area contributed by atoms with Crippen molar-refractivity contribution in [3.8, 4) is 0 Å². The van der Waals surface area contributed by atoms with Crippen molar-refractivity contribution in [2.75, 3.05) is 11.0 Å². The molecule has 6 heteroatoms. The maximum atomic E-state index is 11.4. The first-order chi connectivity index (χ1) is 8.94. The summed E-state index contributed by atoms with van der Waals surface area (Å²) in [5, 5.41) is 0.513. The molecule has 1 N–H and O–H groups in total. The van der Waals surface area contributed by atoms with Crippen LogP contribution in [0.25, 0.3) is 0 Å². The van der Waals surface area contributed by atoms with E-state index in [4.69, 9.17) is 11.6 Å². The van der Waals surface area contributed by atoms with E-state index in [2.05, 4.69) is 4.72 Å². The minimum atomic E-state index is -3.31. The first-order valence-corrected chi connectivity index (χ1v) is 9.42. The van der Waals surface area contributed by atoms with Gasteiger partial charge in [-0.2, -0.15) is 0 Å². The number of anilines is 1. The predicted octanol–water partition coefficient (Wildman–Crippen LogP) is 1.37. The fraction of sp³-hybridized carbons (Fsp3) is 0.0769. The SMILES string of the molecule is CS(=O)(=O)Nc1cc(Cl)ccc1[Se]c1ccccc1. The van der Waals surface area contributed by atoms with Gasteiger partial charge in [-0.25, -0.2) is 0 Å². The molecule has 0 heterocycles.